The molecule has 0 N–H and O–H groups in total. The minimum absolute atomic E-state index is 0.113. The Morgan fingerprint density at radius 1 is 0.304 bits per heavy atom. The van der Waals surface area contributed by atoms with Crippen molar-refractivity contribution in [3.8, 4) is 0 Å². The Hall–Kier alpha value is -4.45. The minimum atomic E-state index is -0.823. The maximum Gasteiger partial charge on any atom is 0.306 e. The van der Waals surface area contributed by atoms with E-state index in [2.05, 4.69) is 45.1 Å². The molecule has 1 atom stereocenters. The summed E-state index contributed by atoms with van der Waals surface area (Å²) in [6.45, 7) is 6.28. The van der Waals surface area contributed by atoms with Crippen LogP contribution >= 0.6 is 0 Å². The normalized spacial score (nSPS) is 13.1. The third-order valence-corrected chi connectivity index (χ3v) is 11.4. The van der Waals surface area contributed by atoms with E-state index in [-0.39, 0.29) is 37.5 Å². The van der Waals surface area contributed by atoms with Gasteiger partial charge in [-0.3, -0.25) is 14.4 Å². The molecule has 0 heterocycles. The van der Waals surface area contributed by atoms with Crippen molar-refractivity contribution < 1.29 is 28.6 Å². The highest BCUT2D eigenvalue weighted by molar-refractivity contribution is 5.71. The largest absolute Gasteiger partial charge is 0.462 e. The summed E-state index contributed by atoms with van der Waals surface area (Å²) in [7, 11) is 0. The third kappa shape index (κ3) is 54.4. The first-order valence-electron chi connectivity index (χ1n) is 27.8. The minimum Gasteiger partial charge on any atom is -0.462 e. The monoisotopic (exact) mass is 953 g/mol. The van der Waals surface area contributed by atoms with Crippen LogP contribution in [0.15, 0.2) is 134 Å². The molecule has 0 rings (SSSR count). The van der Waals surface area contributed by atoms with Crippen LogP contribution in [0.3, 0.4) is 0 Å². The van der Waals surface area contributed by atoms with E-state index < -0.39 is 6.10 Å². The van der Waals surface area contributed by atoms with Gasteiger partial charge in [-0.05, 0) is 57.8 Å². The molecule has 6 nitrogen and oxygen atoms in total. The molecular formula is C63H100O6. The van der Waals surface area contributed by atoms with E-state index in [1.165, 1.54) is 103 Å². The molecular weight excluding hydrogens is 853 g/mol. The molecule has 0 aromatic heterocycles. The highest BCUT2D eigenvalue weighted by Gasteiger charge is 2.19. The lowest BCUT2D eigenvalue weighted by molar-refractivity contribution is -0.167. The lowest BCUT2D eigenvalue weighted by Gasteiger charge is -2.18. The molecule has 0 aliphatic heterocycles. The summed E-state index contributed by atoms with van der Waals surface area (Å²) in [6.07, 6.45) is 78.7. The van der Waals surface area contributed by atoms with Crippen molar-refractivity contribution in [1.29, 1.82) is 0 Å². The van der Waals surface area contributed by atoms with E-state index >= 15 is 0 Å². The summed E-state index contributed by atoms with van der Waals surface area (Å²) < 4.78 is 16.8. The molecule has 6 heteroatoms. The van der Waals surface area contributed by atoms with E-state index in [1.54, 1.807) is 0 Å². The lowest BCUT2D eigenvalue weighted by atomic mass is 10.0. The summed E-state index contributed by atoms with van der Waals surface area (Å²) in [6, 6.07) is 0. The summed E-state index contributed by atoms with van der Waals surface area (Å²) in [4.78, 5) is 38.1. The zero-order chi connectivity index (χ0) is 50.0. The van der Waals surface area contributed by atoms with Crippen molar-refractivity contribution in [2.75, 3.05) is 13.2 Å². The topological polar surface area (TPSA) is 78.9 Å². The Morgan fingerprint density at radius 2 is 0.565 bits per heavy atom. The molecule has 0 bridgehead atoms. The van der Waals surface area contributed by atoms with Gasteiger partial charge in [0.1, 0.15) is 13.2 Å². The van der Waals surface area contributed by atoms with Gasteiger partial charge in [-0.25, -0.2) is 0 Å². The van der Waals surface area contributed by atoms with Crippen molar-refractivity contribution in [3.05, 3.63) is 134 Å². The Labute approximate surface area is 424 Å². The van der Waals surface area contributed by atoms with E-state index in [0.29, 0.717) is 19.3 Å². The fourth-order valence-corrected chi connectivity index (χ4v) is 7.32. The van der Waals surface area contributed by atoms with Gasteiger partial charge in [0, 0.05) is 19.3 Å². The number of carbonyl (C=O) groups is 3. The van der Waals surface area contributed by atoms with Gasteiger partial charge in [-0.15, -0.1) is 0 Å². The summed E-state index contributed by atoms with van der Waals surface area (Å²) in [5, 5.41) is 0. The van der Waals surface area contributed by atoms with Gasteiger partial charge in [0.2, 0.25) is 0 Å². The number of ether oxygens (including phenoxy) is 3. The summed E-state index contributed by atoms with van der Waals surface area (Å²) in [5.41, 5.74) is 0. The highest BCUT2D eigenvalue weighted by Crippen LogP contribution is 2.16. The number of allylic oxidation sites excluding steroid dienone is 22. The Kier molecular flexibility index (Phi) is 52.5. The Balaban J connectivity index is 4.53. The van der Waals surface area contributed by atoms with E-state index in [1.807, 2.05) is 109 Å². The lowest BCUT2D eigenvalue weighted by Crippen LogP contribution is -2.30. The average Bonchev–Trinajstić information content (AvgIpc) is 3.35. The summed E-state index contributed by atoms with van der Waals surface area (Å²) in [5.74, 6) is -1.00. The number of carbonyl (C=O) groups excluding carboxylic acids is 3. The first-order chi connectivity index (χ1) is 34.0. The van der Waals surface area contributed by atoms with Crippen molar-refractivity contribution >= 4 is 17.9 Å². The van der Waals surface area contributed by atoms with Crippen molar-refractivity contribution in [2.24, 2.45) is 0 Å². The van der Waals surface area contributed by atoms with Crippen LogP contribution in [0.4, 0.5) is 0 Å². The molecule has 0 amide bonds. The van der Waals surface area contributed by atoms with Crippen LogP contribution in [-0.4, -0.2) is 37.2 Å². The first-order valence-corrected chi connectivity index (χ1v) is 27.8. The second-order valence-corrected chi connectivity index (χ2v) is 18.0. The van der Waals surface area contributed by atoms with Gasteiger partial charge in [0.25, 0.3) is 0 Å². The van der Waals surface area contributed by atoms with E-state index in [0.717, 1.165) is 77.0 Å². The molecule has 0 aliphatic rings. The quantitative estimate of drug-likeness (QED) is 0.0262. The smallest absolute Gasteiger partial charge is 0.306 e. The number of rotatable bonds is 48. The average molecular weight is 953 g/mol. The number of hydrogen-bond donors (Lipinski definition) is 0. The highest BCUT2D eigenvalue weighted by atomic mass is 16.6. The van der Waals surface area contributed by atoms with Gasteiger partial charge in [-0.2, -0.15) is 0 Å². The molecule has 1 unspecified atom stereocenters. The molecule has 0 aromatic carbocycles. The van der Waals surface area contributed by atoms with Gasteiger partial charge in [-0.1, -0.05) is 283 Å². The fourth-order valence-electron chi connectivity index (χ4n) is 7.32. The van der Waals surface area contributed by atoms with E-state index in [4.69, 9.17) is 14.2 Å². The van der Waals surface area contributed by atoms with Gasteiger partial charge in [0.15, 0.2) is 6.10 Å². The van der Waals surface area contributed by atoms with Gasteiger partial charge >= 0.3 is 17.9 Å². The van der Waals surface area contributed by atoms with Crippen molar-refractivity contribution in [2.45, 2.75) is 232 Å². The number of esters is 3. The standard InChI is InChI=1S/C63H100O6/c1-4-7-10-13-16-19-22-25-28-30-31-33-35-38-41-44-47-50-53-56-62(65)68-59-60(58-67-61(64)55-52-49-46-43-40-37-34-27-24-21-18-15-12-9-6-3)69-63(66)57-54-51-48-45-42-39-36-32-29-26-23-20-17-14-11-8-5-2/h8-9,11-12,14-15,17-18,20-21,23-24,26-27,29,32,34,36-37,39-40,42,60H,4-7,10,13,16,19,22,25,28,30-31,33,35,38,41,43-59H2,1-3H3/b11-8-,12-9-,17-14-,18-15-,23-20-,24-21-,29-26-,34-27-,36-32+,40-37-,42-39-. The first kappa shape index (κ1) is 64.5. The number of hydrogen-bond acceptors (Lipinski definition) is 6. The van der Waals surface area contributed by atoms with Gasteiger partial charge < -0.3 is 14.2 Å². The molecule has 0 spiro atoms. The Morgan fingerprint density at radius 3 is 0.884 bits per heavy atom. The molecule has 0 aliphatic carbocycles. The maximum atomic E-state index is 12.8. The van der Waals surface area contributed by atoms with Crippen LogP contribution in [0.1, 0.15) is 226 Å². The molecule has 0 saturated carbocycles. The summed E-state index contributed by atoms with van der Waals surface area (Å²) >= 11 is 0. The second-order valence-electron chi connectivity index (χ2n) is 18.0. The molecule has 0 saturated heterocycles. The zero-order valence-corrected chi connectivity index (χ0v) is 44.3. The second kappa shape index (κ2) is 56.1. The third-order valence-electron chi connectivity index (χ3n) is 11.4. The predicted octanol–water partition coefficient (Wildman–Crippen LogP) is 18.6. The number of unbranched alkanes of at least 4 members (excludes halogenated alkanes) is 24. The zero-order valence-electron chi connectivity index (χ0n) is 44.3. The Bertz CT molecular complexity index is 1510. The molecule has 0 fully saturated rings. The van der Waals surface area contributed by atoms with Crippen molar-refractivity contribution in [1.82, 2.24) is 0 Å². The van der Waals surface area contributed by atoms with Crippen LogP contribution in [0, 0.1) is 0 Å². The van der Waals surface area contributed by atoms with Crippen LogP contribution in [-0.2, 0) is 28.6 Å². The van der Waals surface area contributed by atoms with Crippen LogP contribution in [0.25, 0.3) is 0 Å². The van der Waals surface area contributed by atoms with Crippen LogP contribution < -0.4 is 0 Å². The van der Waals surface area contributed by atoms with Crippen molar-refractivity contribution in [3.63, 3.8) is 0 Å². The van der Waals surface area contributed by atoms with Gasteiger partial charge in [0.05, 0.1) is 0 Å². The fraction of sp³-hybridized carbons (Fsp3) is 0.603. The molecule has 69 heavy (non-hydrogen) atoms. The SMILES string of the molecule is CC\C=C/C=C\C=C/C=C\C=C/CCCCCC(=O)OCC(COC(=O)CCCCCCCCCCCCCCCCCCCCC)OC(=O)CCCCC\C=C/C=C/C=C\C=C/C=C\C=C/CC. The predicted molar refractivity (Wildman–Crippen MR) is 297 cm³/mol. The van der Waals surface area contributed by atoms with Crippen LogP contribution in [0.2, 0.25) is 0 Å². The molecule has 388 valence electrons. The van der Waals surface area contributed by atoms with Crippen LogP contribution in [0.5, 0.6) is 0 Å². The molecule has 0 radical (unpaired) electrons. The van der Waals surface area contributed by atoms with E-state index in [9.17, 15) is 14.4 Å². The molecule has 0 aromatic rings. The maximum absolute atomic E-state index is 12.8.